The lowest BCUT2D eigenvalue weighted by Crippen LogP contribution is -2.53. The Morgan fingerprint density at radius 2 is 1.88 bits per heavy atom. The molecule has 0 radical (unpaired) electrons. The van der Waals surface area contributed by atoms with Crippen LogP contribution in [0.25, 0.3) is 11.3 Å². The maximum Gasteiger partial charge on any atom is 0.271 e. The predicted octanol–water partition coefficient (Wildman–Crippen LogP) is 2.08. The van der Waals surface area contributed by atoms with Gasteiger partial charge in [0.15, 0.2) is 0 Å². The van der Waals surface area contributed by atoms with Gasteiger partial charge in [0.25, 0.3) is 5.91 Å². The Morgan fingerprint density at radius 3 is 2.50 bits per heavy atom. The summed E-state index contributed by atoms with van der Waals surface area (Å²) in [4.78, 5) is 14.6. The number of carbonyl (C=O) groups is 1. The lowest BCUT2D eigenvalue weighted by atomic mass is 10.1. The maximum atomic E-state index is 12.7. The molecular formula is C17H21ClN4O2. The summed E-state index contributed by atoms with van der Waals surface area (Å²) in [5.74, 6) is 0.840. The summed E-state index contributed by atoms with van der Waals surface area (Å²) in [6, 6.07) is 10.4. The highest BCUT2D eigenvalue weighted by atomic mass is 35.5. The molecule has 6 nitrogen and oxygen atoms in total. The summed E-state index contributed by atoms with van der Waals surface area (Å²) in [6.45, 7) is 1.57. The van der Waals surface area contributed by atoms with Gasteiger partial charge in [-0.3, -0.25) is 9.89 Å². The summed E-state index contributed by atoms with van der Waals surface area (Å²) in [7, 11) is 1.64. The lowest BCUT2D eigenvalue weighted by Gasteiger charge is -2.32. The number of ether oxygens (including phenoxy) is 1. The summed E-state index contributed by atoms with van der Waals surface area (Å²) in [5.41, 5.74) is 2.28. The van der Waals surface area contributed by atoms with Gasteiger partial charge in [-0.2, -0.15) is 5.10 Å². The van der Waals surface area contributed by atoms with E-state index in [9.17, 15) is 4.79 Å². The minimum atomic E-state index is 0. The van der Waals surface area contributed by atoms with Gasteiger partial charge in [-0.05, 0) is 43.2 Å². The number of rotatable bonds is 3. The normalized spacial score (nSPS) is 22.1. The lowest BCUT2D eigenvalue weighted by molar-refractivity contribution is 0.0691. The van der Waals surface area contributed by atoms with Gasteiger partial charge in [-0.25, -0.2) is 0 Å². The largest absolute Gasteiger partial charge is 0.497 e. The second kappa shape index (κ2) is 6.83. The molecule has 3 heterocycles. The molecule has 2 fully saturated rings. The summed E-state index contributed by atoms with van der Waals surface area (Å²) < 4.78 is 5.16. The van der Waals surface area contributed by atoms with Crippen molar-refractivity contribution in [1.82, 2.24) is 20.4 Å². The fourth-order valence-corrected chi connectivity index (χ4v) is 3.47. The zero-order valence-electron chi connectivity index (χ0n) is 13.5. The Hall–Kier alpha value is -2.05. The number of aromatic amines is 1. The molecule has 24 heavy (non-hydrogen) atoms. The molecule has 2 aliphatic heterocycles. The molecule has 1 amide bonds. The Morgan fingerprint density at radius 1 is 1.21 bits per heavy atom. The number of nitrogens with zero attached hydrogens (tertiary/aromatic N) is 2. The van der Waals surface area contributed by atoms with E-state index in [1.807, 2.05) is 35.2 Å². The molecule has 2 aliphatic rings. The van der Waals surface area contributed by atoms with Gasteiger partial charge in [0, 0.05) is 30.7 Å². The molecule has 0 spiro atoms. The van der Waals surface area contributed by atoms with Crippen LogP contribution in [0.5, 0.6) is 5.75 Å². The zero-order chi connectivity index (χ0) is 15.8. The Bertz CT molecular complexity index is 704. The molecule has 1 aromatic carbocycles. The van der Waals surface area contributed by atoms with Crippen LogP contribution in [0.15, 0.2) is 30.3 Å². The molecule has 0 unspecified atom stereocenters. The minimum absolute atomic E-state index is 0. The fraction of sp³-hybridized carbons (Fsp3) is 0.412. The SMILES string of the molecule is COc1ccc(-c2cc(C(=O)N3C[C@H]4CC[C@@H](C3)N4)[nH]n2)cc1.Cl. The van der Waals surface area contributed by atoms with Crippen LogP contribution in [-0.2, 0) is 0 Å². The number of benzene rings is 1. The number of aromatic nitrogens is 2. The quantitative estimate of drug-likeness (QED) is 0.891. The van der Waals surface area contributed by atoms with Gasteiger partial charge < -0.3 is 15.0 Å². The van der Waals surface area contributed by atoms with Crippen LogP contribution in [-0.4, -0.2) is 53.3 Å². The van der Waals surface area contributed by atoms with E-state index >= 15 is 0 Å². The van der Waals surface area contributed by atoms with Crippen molar-refractivity contribution < 1.29 is 9.53 Å². The highest BCUT2D eigenvalue weighted by molar-refractivity contribution is 5.93. The van der Waals surface area contributed by atoms with Crippen molar-refractivity contribution in [1.29, 1.82) is 0 Å². The van der Waals surface area contributed by atoms with E-state index in [4.69, 9.17) is 4.74 Å². The van der Waals surface area contributed by atoms with E-state index in [0.717, 1.165) is 42.9 Å². The van der Waals surface area contributed by atoms with Gasteiger partial charge >= 0.3 is 0 Å². The molecule has 2 atom stereocenters. The van der Waals surface area contributed by atoms with Gasteiger partial charge in [-0.15, -0.1) is 12.4 Å². The molecule has 128 valence electrons. The predicted molar refractivity (Wildman–Crippen MR) is 93.7 cm³/mol. The van der Waals surface area contributed by atoms with Crippen molar-refractivity contribution in [2.75, 3.05) is 20.2 Å². The minimum Gasteiger partial charge on any atom is -0.497 e. The number of hydrogen-bond acceptors (Lipinski definition) is 4. The third kappa shape index (κ3) is 3.12. The Labute approximate surface area is 147 Å². The first-order chi connectivity index (χ1) is 11.2. The van der Waals surface area contributed by atoms with Crippen molar-refractivity contribution in [2.24, 2.45) is 0 Å². The number of halogens is 1. The third-order valence-electron chi connectivity index (χ3n) is 4.70. The Kier molecular flexibility index (Phi) is 4.78. The number of methoxy groups -OCH3 is 1. The first-order valence-electron chi connectivity index (χ1n) is 7.98. The highest BCUT2D eigenvalue weighted by Crippen LogP contribution is 2.24. The van der Waals surface area contributed by atoms with Crippen LogP contribution in [0.1, 0.15) is 23.3 Å². The average molecular weight is 349 g/mol. The van der Waals surface area contributed by atoms with E-state index in [1.54, 1.807) is 7.11 Å². The van der Waals surface area contributed by atoms with Crippen molar-refractivity contribution in [2.45, 2.75) is 24.9 Å². The van der Waals surface area contributed by atoms with Crippen molar-refractivity contribution in [3.63, 3.8) is 0 Å². The standard InChI is InChI=1S/C17H20N4O2.ClH/c1-23-14-6-2-11(3-7-14)15-8-16(20-19-15)17(22)21-9-12-4-5-13(10-21)18-12;/h2-3,6-8,12-13,18H,4-5,9-10H2,1H3,(H,19,20);1H/t12-,13+;. The molecule has 2 aromatic rings. The van der Waals surface area contributed by atoms with Crippen molar-refractivity contribution in [3.05, 3.63) is 36.0 Å². The molecule has 0 aliphatic carbocycles. The summed E-state index contributed by atoms with van der Waals surface area (Å²) in [5, 5.41) is 10.7. The van der Waals surface area contributed by atoms with Crippen LogP contribution in [0.4, 0.5) is 0 Å². The topological polar surface area (TPSA) is 70.2 Å². The molecule has 2 bridgehead atoms. The van der Waals surface area contributed by atoms with Crippen LogP contribution >= 0.6 is 12.4 Å². The molecule has 0 saturated carbocycles. The van der Waals surface area contributed by atoms with E-state index in [1.165, 1.54) is 0 Å². The number of amides is 1. The van der Waals surface area contributed by atoms with Crippen molar-refractivity contribution >= 4 is 18.3 Å². The van der Waals surface area contributed by atoms with Crippen LogP contribution in [0, 0.1) is 0 Å². The molecular weight excluding hydrogens is 328 g/mol. The highest BCUT2D eigenvalue weighted by Gasteiger charge is 2.34. The third-order valence-corrected chi connectivity index (χ3v) is 4.70. The van der Waals surface area contributed by atoms with Gasteiger partial charge in [0.1, 0.15) is 11.4 Å². The smallest absolute Gasteiger partial charge is 0.271 e. The number of piperazine rings is 1. The zero-order valence-corrected chi connectivity index (χ0v) is 14.3. The molecule has 2 saturated heterocycles. The van der Waals surface area contributed by atoms with Gasteiger partial charge in [0.2, 0.25) is 0 Å². The van der Waals surface area contributed by atoms with E-state index in [2.05, 4.69) is 15.5 Å². The van der Waals surface area contributed by atoms with Crippen LogP contribution < -0.4 is 10.1 Å². The van der Waals surface area contributed by atoms with Crippen molar-refractivity contribution in [3.8, 4) is 17.0 Å². The molecule has 7 heteroatoms. The van der Waals surface area contributed by atoms with Crippen LogP contribution in [0.2, 0.25) is 0 Å². The molecule has 1 aromatic heterocycles. The monoisotopic (exact) mass is 348 g/mol. The van der Waals surface area contributed by atoms with E-state index < -0.39 is 0 Å². The Balaban J connectivity index is 0.00000169. The average Bonchev–Trinajstić information content (AvgIpc) is 3.21. The number of fused-ring (bicyclic) bond motifs is 2. The first kappa shape index (κ1) is 16.8. The number of nitrogens with one attached hydrogen (secondary N) is 2. The first-order valence-corrected chi connectivity index (χ1v) is 7.98. The molecule has 4 rings (SSSR count). The number of likely N-dealkylation sites (tertiary alicyclic amines) is 1. The number of hydrogen-bond donors (Lipinski definition) is 2. The van der Waals surface area contributed by atoms with Crippen LogP contribution in [0.3, 0.4) is 0 Å². The second-order valence-corrected chi connectivity index (χ2v) is 6.24. The maximum absolute atomic E-state index is 12.7. The fourth-order valence-electron chi connectivity index (χ4n) is 3.47. The number of carbonyl (C=O) groups excluding carboxylic acids is 1. The molecule has 2 N–H and O–H groups in total. The van der Waals surface area contributed by atoms with Gasteiger partial charge in [-0.1, -0.05) is 0 Å². The number of H-pyrrole nitrogens is 1. The second-order valence-electron chi connectivity index (χ2n) is 6.24. The van der Waals surface area contributed by atoms with E-state index in [0.29, 0.717) is 17.8 Å². The summed E-state index contributed by atoms with van der Waals surface area (Å²) >= 11 is 0. The van der Waals surface area contributed by atoms with Gasteiger partial charge in [0.05, 0.1) is 12.8 Å². The van der Waals surface area contributed by atoms with E-state index in [-0.39, 0.29) is 18.3 Å². The summed E-state index contributed by atoms with van der Waals surface area (Å²) in [6.07, 6.45) is 2.32.